The highest BCUT2D eigenvalue weighted by atomic mass is 15.2. The molecular formula is C13H22N4. The lowest BCUT2D eigenvalue weighted by Crippen LogP contribution is -2.45. The average molecular weight is 234 g/mol. The Kier molecular flexibility index (Phi) is 3.16. The van der Waals surface area contributed by atoms with E-state index in [1.165, 1.54) is 50.0 Å². The van der Waals surface area contributed by atoms with E-state index in [0.29, 0.717) is 6.04 Å². The Morgan fingerprint density at radius 1 is 1.47 bits per heavy atom. The van der Waals surface area contributed by atoms with Gasteiger partial charge < -0.3 is 10.2 Å². The topological polar surface area (TPSA) is 44.0 Å². The first-order valence-corrected chi connectivity index (χ1v) is 6.79. The summed E-state index contributed by atoms with van der Waals surface area (Å²) in [5.41, 5.74) is 2.50. The van der Waals surface area contributed by atoms with E-state index >= 15 is 0 Å². The number of hydrogen-bond acceptors (Lipinski definition) is 3. The summed E-state index contributed by atoms with van der Waals surface area (Å²) in [5, 5.41) is 10.8. The Labute approximate surface area is 103 Å². The Hall–Kier alpha value is -0.870. The Morgan fingerprint density at radius 3 is 3.24 bits per heavy atom. The molecule has 2 aliphatic rings. The number of rotatable bonds is 3. The second-order valence-corrected chi connectivity index (χ2v) is 5.45. The minimum Gasteiger partial charge on any atom is -0.310 e. The first kappa shape index (κ1) is 11.2. The fourth-order valence-corrected chi connectivity index (χ4v) is 3.22. The van der Waals surface area contributed by atoms with Crippen molar-refractivity contribution in [1.82, 2.24) is 20.4 Å². The molecule has 1 aromatic rings. The third kappa shape index (κ3) is 2.38. The van der Waals surface area contributed by atoms with E-state index in [-0.39, 0.29) is 0 Å². The van der Waals surface area contributed by atoms with Crippen LogP contribution in [0.5, 0.6) is 0 Å². The van der Waals surface area contributed by atoms with Crippen LogP contribution in [0, 0.1) is 6.92 Å². The highest BCUT2D eigenvalue weighted by molar-refractivity contribution is 5.14. The molecule has 2 unspecified atom stereocenters. The van der Waals surface area contributed by atoms with Gasteiger partial charge in [0.25, 0.3) is 0 Å². The molecule has 2 aliphatic heterocycles. The molecule has 0 spiro atoms. The highest BCUT2D eigenvalue weighted by Gasteiger charge is 2.31. The first-order chi connectivity index (χ1) is 8.33. The monoisotopic (exact) mass is 234 g/mol. The van der Waals surface area contributed by atoms with E-state index in [0.717, 1.165) is 12.6 Å². The lowest BCUT2D eigenvalue weighted by molar-refractivity contribution is 0.166. The Morgan fingerprint density at radius 2 is 2.41 bits per heavy atom. The number of hydrogen-bond donors (Lipinski definition) is 2. The molecular weight excluding hydrogens is 212 g/mol. The number of nitrogens with zero attached hydrogens (tertiary/aromatic N) is 2. The zero-order chi connectivity index (χ0) is 11.7. The van der Waals surface area contributed by atoms with Crippen molar-refractivity contribution in [2.24, 2.45) is 0 Å². The summed E-state index contributed by atoms with van der Waals surface area (Å²) in [4.78, 5) is 2.67. The normalized spacial score (nSPS) is 29.5. The van der Waals surface area contributed by atoms with Crippen LogP contribution in [0.1, 0.15) is 36.9 Å². The van der Waals surface area contributed by atoms with Crippen molar-refractivity contribution in [2.45, 2.75) is 51.2 Å². The van der Waals surface area contributed by atoms with Crippen molar-refractivity contribution in [2.75, 3.05) is 13.1 Å². The molecule has 3 rings (SSSR count). The van der Waals surface area contributed by atoms with Crippen LogP contribution in [-0.2, 0) is 6.54 Å². The van der Waals surface area contributed by atoms with Crippen molar-refractivity contribution in [3.8, 4) is 0 Å². The summed E-state index contributed by atoms with van der Waals surface area (Å²) in [5.74, 6) is 0. The van der Waals surface area contributed by atoms with Crippen LogP contribution >= 0.6 is 0 Å². The van der Waals surface area contributed by atoms with Gasteiger partial charge in [-0.3, -0.25) is 5.10 Å². The molecule has 2 saturated heterocycles. The third-order valence-electron chi connectivity index (χ3n) is 4.34. The maximum absolute atomic E-state index is 4.07. The van der Waals surface area contributed by atoms with E-state index in [9.17, 15) is 0 Å². The second-order valence-electron chi connectivity index (χ2n) is 5.45. The van der Waals surface area contributed by atoms with Gasteiger partial charge in [0.05, 0.1) is 6.20 Å². The molecule has 0 radical (unpaired) electrons. The number of fused-ring (bicyclic) bond motifs is 1. The maximum atomic E-state index is 4.07. The van der Waals surface area contributed by atoms with Gasteiger partial charge in [0.15, 0.2) is 0 Å². The fraction of sp³-hybridized carbons (Fsp3) is 0.769. The van der Waals surface area contributed by atoms with Gasteiger partial charge in [0, 0.05) is 29.9 Å². The van der Waals surface area contributed by atoms with Gasteiger partial charge in [0.2, 0.25) is 0 Å². The molecule has 1 aromatic heterocycles. The summed E-state index contributed by atoms with van der Waals surface area (Å²) < 4.78 is 0. The zero-order valence-electron chi connectivity index (χ0n) is 10.6. The van der Waals surface area contributed by atoms with Crippen molar-refractivity contribution in [1.29, 1.82) is 0 Å². The van der Waals surface area contributed by atoms with Crippen LogP contribution in [-0.4, -0.2) is 40.3 Å². The van der Waals surface area contributed by atoms with Crippen molar-refractivity contribution >= 4 is 0 Å². The Balaban J connectivity index is 1.51. The summed E-state index contributed by atoms with van der Waals surface area (Å²) in [6.07, 6.45) is 7.37. The molecule has 4 heteroatoms. The molecule has 2 atom stereocenters. The molecule has 0 aliphatic carbocycles. The van der Waals surface area contributed by atoms with E-state index < -0.39 is 0 Å². The van der Waals surface area contributed by atoms with Gasteiger partial charge in [-0.1, -0.05) is 0 Å². The number of H-pyrrole nitrogens is 1. The van der Waals surface area contributed by atoms with Gasteiger partial charge >= 0.3 is 0 Å². The van der Waals surface area contributed by atoms with Gasteiger partial charge in [-0.25, -0.2) is 0 Å². The van der Waals surface area contributed by atoms with E-state index in [4.69, 9.17) is 0 Å². The average Bonchev–Trinajstić information content (AvgIpc) is 2.94. The Bertz CT molecular complexity index is 373. The summed E-state index contributed by atoms with van der Waals surface area (Å²) in [7, 11) is 0. The predicted octanol–water partition coefficient (Wildman–Crippen LogP) is 1.43. The SMILES string of the molecule is Cc1[nH]ncc1CNC1CCN2CCCC2C1. The molecule has 3 heterocycles. The molecule has 2 N–H and O–H groups in total. The van der Waals surface area contributed by atoms with Crippen LogP contribution in [0.25, 0.3) is 0 Å². The molecule has 0 amide bonds. The summed E-state index contributed by atoms with van der Waals surface area (Å²) in [6, 6.07) is 1.55. The summed E-state index contributed by atoms with van der Waals surface area (Å²) >= 11 is 0. The molecule has 2 fully saturated rings. The smallest absolute Gasteiger partial charge is 0.0535 e. The zero-order valence-corrected chi connectivity index (χ0v) is 10.6. The van der Waals surface area contributed by atoms with Crippen LogP contribution in [0.15, 0.2) is 6.20 Å². The first-order valence-electron chi connectivity index (χ1n) is 6.79. The molecule has 17 heavy (non-hydrogen) atoms. The number of aromatic nitrogens is 2. The molecule has 94 valence electrons. The second kappa shape index (κ2) is 4.78. The van der Waals surface area contributed by atoms with Gasteiger partial charge in [-0.15, -0.1) is 0 Å². The molecule has 0 aromatic carbocycles. The molecule has 0 saturated carbocycles. The van der Waals surface area contributed by atoms with Crippen molar-refractivity contribution in [3.63, 3.8) is 0 Å². The van der Waals surface area contributed by atoms with Gasteiger partial charge in [-0.05, 0) is 45.7 Å². The highest BCUT2D eigenvalue weighted by Crippen LogP contribution is 2.26. The fourth-order valence-electron chi connectivity index (χ4n) is 3.22. The number of piperidine rings is 1. The standard InChI is InChI=1S/C13H22N4/c1-10-11(9-15-16-10)8-14-12-4-6-17-5-2-3-13(17)7-12/h9,12-14H,2-8H2,1H3,(H,15,16). The number of nitrogens with one attached hydrogen (secondary N) is 2. The van der Waals surface area contributed by atoms with Crippen LogP contribution in [0.3, 0.4) is 0 Å². The third-order valence-corrected chi connectivity index (χ3v) is 4.34. The van der Waals surface area contributed by atoms with Gasteiger partial charge in [-0.2, -0.15) is 5.10 Å². The van der Waals surface area contributed by atoms with Crippen LogP contribution in [0.4, 0.5) is 0 Å². The van der Waals surface area contributed by atoms with E-state index in [1.807, 2.05) is 6.20 Å². The number of aromatic amines is 1. The van der Waals surface area contributed by atoms with Gasteiger partial charge in [0.1, 0.15) is 0 Å². The van der Waals surface area contributed by atoms with Crippen LogP contribution in [0.2, 0.25) is 0 Å². The minimum atomic E-state index is 0.698. The van der Waals surface area contributed by atoms with Crippen LogP contribution < -0.4 is 5.32 Å². The molecule has 0 bridgehead atoms. The lowest BCUT2D eigenvalue weighted by Gasteiger charge is -2.35. The van der Waals surface area contributed by atoms with Crippen molar-refractivity contribution in [3.05, 3.63) is 17.5 Å². The minimum absolute atomic E-state index is 0.698. The van der Waals surface area contributed by atoms with E-state index in [1.54, 1.807) is 0 Å². The van der Waals surface area contributed by atoms with E-state index in [2.05, 4.69) is 27.3 Å². The summed E-state index contributed by atoms with van der Waals surface area (Å²) in [6.45, 7) is 5.66. The predicted molar refractivity (Wildman–Crippen MR) is 67.8 cm³/mol. The quantitative estimate of drug-likeness (QED) is 0.831. The largest absolute Gasteiger partial charge is 0.310 e. The number of aryl methyl sites for hydroxylation is 1. The maximum Gasteiger partial charge on any atom is 0.0535 e. The molecule has 4 nitrogen and oxygen atoms in total. The van der Waals surface area contributed by atoms with Crippen molar-refractivity contribution < 1.29 is 0 Å². The lowest BCUT2D eigenvalue weighted by atomic mass is 9.97.